The molecule has 2 aromatic rings. The third-order valence-corrected chi connectivity index (χ3v) is 4.81. The lowest BCUT2D eigenvalue weighted by Crippen LogP contribution is -2.14. The summed E-state index contributed by atoms with van der Waals surface area (Å²) in [7, 11) is 1.12. The van der Waals surface area contributed by atoms with Gasteiger partial charge in [-0.2, -0.15) is 13.2 Å². The summed E-state index contributed by atoms with van der Waals surface area (Å²) in [6.07, 6.45) is 2.27. The van der Waals surface area contributed by atoms with E-state index in [2.05, 4.69) is 5.92 Å². The Hall–Kier alpha value is -3.17. The van der Waals surface area contributed by atoms with Crippen molar-refractivity contribution in [1.29, 1.82) is 0 Å². The molecule has 0 N–H and O–H groups in total. The van der Waals surface area contributed by atoms with Crippen LogP contribution in [0.25, 0.3) is 11.3 Å². The largest absolute Gasteiger partial charge is 0.487 e. The maximum absolute atomic E-state index is 13.9. The second-order valence-corrected chi connectivity index (χ2v) is 6.84. The number of halogens is 4. The first kappa shape index (κ1) is 24.1. The molecule has 0 aliphatic heterocycles. The first-order chi connectivity index (χ1) is 14.6. The summed E-state index contributed by atoms with van der Waals surface area (Å²) in [5, 5.41) is -0.477. The van der Waals surface area contributed by atoms with Crippen LogP contribution in [-0.4, -0.2) is 13.1 Å². The fourth-order valence-corrected chi connectivity index (χ4v) is 3.20. The summed E-state index contributed by atoms with van der Waals surface area (Å²) in [4.78, 5) is 12.3. The van der Waals surface area contributed by atoms with Gasteiger partial charge in [0.1, 0.15) is 6.61 Å². The number of methoxy groups -OCH3 is 1. The lowest BCUT2D eigenvalue weighted by molar-refractivity contribution is -0.137. The van der Waals surface area contributed by atoms with E-state index in [0.29, 0.717) is 0 Å². The lowest BCUT2D eigenvalue weighted by Gasteiger charge is -2.22. The number of ether oxygens (including phenoxy) is 2. The lowest BCUT2D eigenvalue weighted by atomic mass is 9.92. The molecule has 0 saturated heterocycles. The number of allylic oxidation sites excluding steroid dienone is 2. The molecular weight excluding hydrogens is 429 g/mol. The Morgan fingerprint density at radius 3 is 2.35 bits per heavy atom. The van der Waals surface area contributed by atoms with Gasteiger partial charge >= 0.3 is 12.1 Å². The molecule has 0 spiro atoms. The summed E-state index contributed by atoms with van der Waals surface area (Å²) in [5.74, 6) is 1.09. The highest BCUT2D eigenvalue weighted by molar-refractivity contribution is 6.31. The molecule has 0 saturated carbocycles. The van der Waals surface area contributed by atoms with Crippen molar-refractivity contribution in [2.75, 3.05) is 7.11 Å². The molecule has 0 aliphatic carbocycles. The van der Waals surface area contributed by atoms with Crippen molar-refractivity contribution in [3.63, 3.8) is 0 Å². The first-order valence-electron chi connectivity index (χ1n) is 9.14. The van der Waals surface area contributed by atoms with Gasteiger partial charge in [-0.1, -0.05) is 53.9 Å². The molecule has 3 nitrogen and oxygen atoms in total. The quantitative estimate of drug-likeness (QED) is 0.218. The van der Waals surface area contributed by atoms with E-state index in [1.54, 1.807) is 31.2 Å². The topological polar surface area (TPSA) is 35.5 Å². The first-order valence-corrected chi connectivity index (χ1v) is 9.52. The SMILES string of the molecule is C#C/C(C(=O)OC)=C(/OCc1ccccc1)c1ccc(Cl)c(C(F)(F)F)c1/C(C)=C\C. The van der Waals surface area contributed by atoms with Crippen LogP contribution in [0.2, 0.25) is 5.02 Å². The van der Waals surface area contributed by atoms with Crippen LogP contribution in [0.5, 0.6) is 0 Å². The van der Waals surface area contributed by atoms with Crippen LogP contribution in [0.1, 0.15) is 36.1 Å². The molecule has 0 aromatic heterocycles. The summed E-state index contributed by atoms with van der Waals surface area (Å²) in [6.45, 7) is 3.07. The van der Waals surface area contributed by atoms with Crippen molar-refractivity contribution in [1.82, 2.24) is 0 Å². The van der Waals surface area contributed by atoms with Gasteiger partial charge in [-0.25, -0.2) is 4.79 Å². The van der Waals surface area contributed by atoms with E-state index in [4.69, 9.17) is 27.5 Å². The highest BCUT2D eigenvalue weighted by Gasteiger charge is 2.38. The van der Waals surface area contributed by atoms with Gasteiger partial charge in [0.15, 0.2) is 11.3 Å². The van der Waals surface area contributed by atoms with Crippen molar-refractivity contribution in [3.8, 4) is 12.3 Å². The highest BCUT2D eigenvalue weighted by atomic mass is 35.5. The van der Waals surface area contributed by atoms with Gasteiger partial charge in [-0.05, 0) is 37.1 Å². The third kappa shape index (κ3) is 5.50. The predicted molar refractivity (Wildman–Crippen MR) is 115 cm³/mol. The van der Waals surface area contributed by atoms with E-state index in [1.807, 2.05) is 6.07 Å². The fourth-order valence-electron chi connectivity index (χ4n) is 2.93. The van der Waals surface area contributed by atoms with E-state index >= 15 is 0 Å². The van der Waals surface area contributed by atoms with Crippen LogP contribution >= 0.6 is 11.6 Å². The van der Waals surface area contributed by atoms with Gasteiger partial charge in [-0.15, -0.1) is 6.42 Å². The molecule has 2 aromatic carbocycles. The van der Waals surface area contributed by atoms with Crippen LogP contribution in [-0.2, 0) is 27.1 Å². The smallest absolute Gasteiger partial charge is 0.418 e. The number of rotatable bonds is 6. The van der Waals surface area contributed by atoms with Gasteiger partial charge in [0.2, 0.25) is 0 Å². The summed E-state index contributed by atoms with van der Waals surface area (Å²) < 4.78 is 52.3. The minimum atomic E-state index is -4.75. The molecule has 0 radical (unpaired) electrons. The molecule has 0 fully saturated rings. The van der Waals surface area contributed by atoms with E-state index in [1.165, 1.54) is 19.1 Å². The number of carbonyl (C=O) groups is 1. The zero-order chi connectivity index (χ0) is 23.2. The molecule has 7 heteroatoms. The van der Waals surface area contributed by atoms with Crippen molar-refractivity contribution in [2.45, 2.75) is 26.6 Å². The van der Waals surface area contributed by atoms with Crippen molar-refractivity contribution < 1.29 is 27.4 Å². The molecule has 0 amide bonds. The monoisotopic (exact) mass is 448 g/mol. The van der Waals surface area contributed by atoms with Crippen molar-refractivity contribution in [2.24, 2.45) is 0 Å². The van der Waals surface area contributed by atoms with Crippen molar-refractivity contribution in [3.05, 3.63) is 81.4 Å². The Kier molecular flexibility index (Phi) is 7.95. The Balaban J connectivity index is 2.84. The summed E-state index contributed by atoms with van der Waals surface area (Å²) in [5.41, 5.74) is -0.588. The minimum absolute atomic E-state index is 0.0124. The van der Waals surface area contributed by atoms with Crippen LogP contribution in [0, 0.1) is 12.3 Å². The van der Waals surface area contributed by atoms with Gasteiger partial charge in [-0.3, -0.25) is 0 Å². The Morgan fingerprint density at radius 2 is 1.84 bits per heavy atom. The average molecular weight is 449 g/mol. The number of carbonyl (C=O) groups excluding carboxylic acids is 1. The van der Waals surface area contributed by atoms with E-state index in [9.17, 15) is 18.0 Å². The maximum atomic E-state index is 13.9. The number of hydrogen-bond donors (Lipinski definition) is 0. The molecule has 31 heavy (non-hydrogen) atoms. The Morgan fingerprint density at radius 1 is 1.19 bits per heavy atom. The molecule has 0 heterocycles. The number of alkyl halides is 3. The number of esters is 1. The van der Waals surface area contributed by atoms with Gasteiger partial charge in [0, 0.05) is 11.1 Å². The van der Waals surface area contributed by atoms with Crippen molar-refractivity contribution >= 4 is 28.9 Å². The second kappa shape index (κ2) is 10.2. The Bertz CT molecular complexity index is 1060. The van der Waals surface area contributed by atoms with E-state index in [-0.39, 0.29) is 34.6 Å². The third-order valence-electron chi connectivity index (χ3n) is 4.50. The zero-order valence-corrected chi connectivity index (χ0v) is 17.9. The summed E-state index contributed by atoms with van der Waals surface area (Å²) >= 11 is 5.93. The molecule has 2 rings (SSSR count). The minimum Gasteiger partial charge on any atom is -0.487 e. The summed E-state index contributed by atoms with van der Waals surface area (Å²) in [6, 6.07) is 11.4. The molecule has 0 atom stereocenters. The average Bonchev–Trinajstić information content (AvgIpc) is 2.75. The van der Waals surface area contributed by atoms with Gasteiger partial charge < -0.3 is 9.47 Å². The predicted octanol–water partition coefficient (Wildman–Crippen LogP) is 6.52. The number of benzene rings is 2. The van der Waals surface area contributed by atoms with Crippen LogP contribution in [0.15, 0.2) is 54.1 Å². The maximum Gasteiger partial charge on any atom is 0.418 e. The fraction of sp³-hybridized carbons (Fsp3) is 0.208. The standard InChI is InChI=1S/C24H20ClF3O3/c1-5-15(3)20-18(12-13-19(25)21(20)24(26,27)28)22(17(6-2)23(29)30-4)31-14-16-10-8-7-9-11-16/h2,5,7-13H,14H2,1,3-4H3/b15-5-,22-17-. The van der Waals surface area contributed by atoms with Crippen LogP contribution < -0.4 is 0 Å². The zero-order valence-electron chi connectivity index (χ0n) is 17.1. The normalized spacial score (nSPS) is 12.6. The molecule has 0 bridgehead atoms. The van der Waals surface area contributed by atoms with E-state index in [0.717, 1.165) is 18.7 Å². The van der Waals surface area contributed by atoms with Gasteiger partial charge in [0.05, 0.1) is 17.7 Å². The molecule has 0 unspecified atom stereocenters. The van der Waals surface area contributed by atoms with Gasteiger partial charge in [0.25, 0.3) is 0 Å². The Labute approximate surface area is 184 Å². The number of terminal acetylenes is 1. The molecular formula is C24H20ClF3O3. The number of hydrogen-bond acceptors (Lipinski definition) is 3. The molecule has 0 aliphatic rings. The second-order valence-electron chi connectivity index (χ2n) is 6.43. The highest BCUT2D eigenvalue weighted by Crippen LogP contribution is 2.43. The van der Waals surface area contributed by atoms with Crippen LogP contribution in [0.3, 0.4) is 0 Å². The van der Waals surface area contributed by atoms with E-state index < -0.39 is 22.7 Å². The van der Waals surface area contributed by atoms with Crippen LogP contribution in [0.4, 0.5) is 13.2 Å². The molecule has 162 valence electrons.